The molecule has 3 aromatic rings. The van der Waals surface area contributed by atoms with Crippen molar-refractivity contribution in [2.75, 3.05) is 38.7 Å². The highest BCUT2D eigenvalue weighted by molar-refractivity contribution is 5.92. The molecule has 2 saturated heterocycles. The van der Waals surface area contributed by atoms with Crippen molar-refractivity contribution in [3.05, 3.63) is 47.4 Å². The lowest BCUT2D eigenvalue weighted by Crippen LogP contribution is -2.41. The van der Waals surface area contributed by atoms with Gasteiger partial charge < -0.3 is 19.5 Å². The van der Waals surface area contributed by atoms with Gasteiger partial charge in [-0.3, -0.25) is 4.79 Å². The van der Waals surface area contributed by atoms with Crippen molar-refractivity contribution in [2.45, 2.75) is 32.1 Å². The first kappa shape index (κ1) is 19.2. The second kappa shape index (κ2) is 7.49. The molecule has 2 aliphatic rings. The summed E-state index contributed by atoms with van der Waals surface area (Å²) in [7, 11) is 2.14. The molecule has 2 aliphatic heterocycles. The number of hydrogen-bond acceptors (Lipinski definition) is 5. The van der Waals surface area contributed by atoms with Gasteiger partial charge in [0.25, 0.3) is 0 Å². The molecule has 7 nitrogen and oxygen atoms in total. The standard InChI is InChI=1S/C23H27N5O2/c1-14-6-20(16-4-5-30-13-16)26-23(7-14)28-12-19(17-10-27(3)11-17)18-9-24-22(8-21(18)28)25-15(2)29/h6-9,12,16-17H,4-5,10-11,13H2,1-3H3,(H,24,25,29). The van der Waals surface area contributed by atoms with Gasteiger partial charge in [-0.25, -0.2) is 9.97 Å². The van der Waals surface area contributed by atoms with E-state index in [0.717, 1.165) is 55.1 Å². The molecule has 30 heavy (non-hydrogen) atoms. The Bertz CT molecular complexity index is 1110. The van der Waals surface area contributed by atoms with Crippen LogP contribution in [0.15, 0.2) is 30.6 Å². The highest BCUT2D eigenvalue weighted by Gasteiger charge is 2.29. The van der Waals surface area contributed by atoms with Crippen LogP contribution in [0.2, 0.25) is 0 Å². The van der Waals surface area contributed by atoms with Crippen LogP contribution in [0.5, 0.6) is 0 Å². The maximum Gasteiger partial charge on any atom is 0.222 e. The van der Waals surface area contributed by atoms with Gasteiger partial charge >= 0.3 is 0 Å². The van der Waals surface area contributed by atoms with Crippen LogP contribution in [0.1, 0.15) is 42.0 Å². The number of nitrogens with one attached hydrogen (secondary N) is 1. The Balaban J connectivity index is 1.64. The molecule has 2 fully saturated rings. The first-order valence-electron chi connectivity index (χ1n) is 10.5. The molecule has 156 valence electrons. The predicted molar refractivity (Wildman–Crippen MR) is 116 cm³/mol. The van der Waals surface area contributed by atoms with E-state index in [1.165, 1.54) is 18.1 Å². The third-order valence-corrected chi connectivity index (χ3v) is 6.10. The fourth-order valence-corrected chi connectivity index (χ4v) is 4.58. The summed E-state index contributed by atoms with van der Waals surface area (Å²) in [5.74, 6) is 2.17. The summed E-state index contributed by atoms with van der Waals surface area (Å²) in [4.78, 5) is 23.4. The molecule has 3 aromatic heterocycles. The number of hydrogen-bond donors (Lipinski definition) is 1. The molecule has 0 aromatic carbocycles. The van der Waals surface area contributed by atoms with Crippen LogP contribution in [0.25, 0.3) is 16.7 Å². The van der Waals surface area contributed by atoms with E-state index in [-0.39, 0.29) is 5.91 Å². The monoisotopic (exact) mass is 405 g/mol. The first-order valence-corrected chi connectivity index (χ1v) is 10.5. The van der Waals surface area contributed by atoms with Crippen LogP contribution in [0.3, 0.4) is 0 Å². The molecule has 0 radical (unpaired) electrons. The van der Waals surface area contributed by atoms with Crippen molar-refractivity contribution >= 4 is 22.6 Å². The van der Waals surface area contributed by atoms with Crippen LogP contribution in [-0.2, 0) is 9.53 Å². The number of carbonyl (C=O) groups is 1. The van der Waals surface area contributed by atoms with Crippen molar-refractivity contribution in [1.29, 1.82) is 0 Å². The first-order chi connectivity index (χ1) is 14.5. The quantitative estimate of drug-likeness (QED) is 0.722. The number of likely N-dealkylation sites (N-methyl/N-ethyl adjacent to an activating group) is 1. The number of ether oxygens (including phenoxy) is 1. The molecule has 1 atom stereocenters. The minimum atomic E-state index is -0.127. The number of fused-ring (bicyclic) bond motifs is 1. The Labute approximate surface area is 176 Å². The van der Waals surface area contributed by atoms with Crippen LogP contribution < -0.4 is 5.32 Å². The zero-order chi connectivity index (χ0) is 20.8. The highest BCUT2D eigenvalue weighted by atomic mass is 16.5. The summed E-state index contributed by atoms with van der Waals surface area (Å²) >= 11 is 0. The molecule has 0 saturated carbocycles. The van der Waals surface area contributed by atoms with E-state index < -0.39 is 0 Å². The third kappa shape index (κ3) is 3.48. The molecule has 1 amide bonds. The van der Waals surface area contributed by atoms with Gasteiger partial charge in [0.1, 0.15) is 11.6 Å². The van der Waals surface area contributed by atoms with Crippen LogP contribution >= 0.6 is 0 Å². The van der Waals surface area contributed by atoms with Crippen LogP contribution in [0, 0.1) is 6.92 Å². The highest BCUT2D eigenvalue weighted by Crippen LogP contribution is 2.35. The van der Waals surface area contributed by atoms with Gasteiger partial charge in [-0.2, -0.15) is 0 Å². The van der Waals surface area contributed by atoms with Crippen molar-refractivity contribution in [3.8, 4) is 5.82 Å². The summed E-state index contributed by atoms with van der Waals surface area (Å²) in [6.07, 6.45) is 5.10. The van der Waals surface area contributed by atoms with Crippen molar-refractivity contribution in [3.63, 3.8) is 0 Å². The zero-order valence-corrected chi connectivity index (χ0v) is 17.7. The van der Waals surface area contributed by atoms with E-state index in [0.29, 0.717) is 17.7 Å². The smallest absolute Gasteiger partial charge is 0.222 e. The maximum atomic E-state index is 11.6. The number of carbonyl (C=O) groups excluding carboxylic acids is 1. The lowest BCUT2D eigenvalue weighted by atomic mass is 9.92. The molecule has 5 heterocycles. The van der Waals surface area contributed by atoms with E-state index in [1.54, 1.807) is 0 Å². The Morgan fingerprint density at radius 1 is 1.23 bits per heavy atom. The fraction of sp³-hybridized carbons (Fsp3) is 0.435. The average Bonchev–Trinajstić information content (AvgIpc) is 3.33. The average molecular weight is 406 g/mol. The molecule has 0 spiro atoms. The Hall–Kier alpha value is -2.77. The molecule has 7 heteroatoms. The number of aryl methyl sites for hydroxylation is 1. The zero-order valence-electron chi connectivity index (χ0n) is 17.7. The van der Waals surface area contributed by atoms with Crippen molar-refractivity contribution in [2.24, 2.45) is 0 Å². The Morgan fingerprint density at radius 3 is 2.77 bits per heavy atom. The number of nitrogens with zero attached hydrogens (tertiary/aromatic N) is 4. The van der Waals surface area contributed by atoms with Crippen LogP contribution in [-0.4, -0.2) is 58.7 Å². The molecule has 1 unspecified atom stereocenters. The van der Waals surface area contributed by atoms with E-state index >= 15 is 0 Å². The summed E-state index contributed by atoms with van der Waals surface area (Å²) < 4.78 is 7.74. The summed E-state index contributed by atoms with van der Waals surface area (Å²) in [6, 6.07) is 6.24. The topological polar surface area (TPSA) is 72.3 Å². The summed E-state index contributed by atoms with van der Waals surface area (Å²) in [5.41, 5.74) is 4.58. The molecule has 1 N–H and O–H groups in total. The number of likely N-dealkylation sites (tertiary alicyclic amines) is 1. The van der Waals surface area contributed by atoms with Gasteiger partial charge in [-0.05, 0) is 43.7 Å². The largest absolute Gasteiger partial charge is 0.381 e. The predicted octanol–water partition coefficient (Wildman–Crippen LogP) is 3.22. The van der Waals surface area contributed by atoms with Gasteiger partial charge in [0, 0.05) is 68.0 Å². The number of rotatable bonds is 4. The minimum Gasteiger partial charge on any atom is -0.381 e. The van der Waals surface area contributed by atoms with E-state index in [2.05, 4.69) is 52.1 Å². The van der Waals surface area contributed by atoms with Crippen LogP contribution in [0.4, 0.5) is 5.82 Å². The normalized spacial score (nSPS) is 19.9. The second-order valence-corrected chi connectivity index (χ2v) is 8.63. The summed E-state index contributed by atoms with van der Waals surface area (Å²) in [5, 5.41) is 3.93. The van der Waals surface area contributed by atoms with Gasteiger partial charge in [-0.15, -0.1) is 0 Å². The van der Waals surface area contributed by atoms with E-state index in [1.807, 2.05) is 12.3 Å². The number of pyridine rings is 2. The number of anilines is 1. The van der Waals surface area contributed by atoms with E-state index in [9.17, 15) is 4.79 Å². The van der Waals surface area contributed by atoms with Gasteiger partial charge in [-0.1, -0.05) is 0 Å². The maximum absolute atomic E-state index is 11.6. The lowest BCUT2D eigenvalue weighted by Gasteiger charge is -2.36. The van der Waals surface area contributed by atoms with E-state index in [4.69, 9.17) is 9.72 Å². The second-order valence-electron chi connectivity index (χ2n) is 8.63. The van der Waals surface area contributed by atoms with Gasteiger partial charge in [0.05, 0.1) is 12.1 Å². The Kier molecular flexibility index (Phi) is 4.79. The number of aromatic nitrogens is 3. The summed E-state index contributed by atoms with van der Waals surface area (Å²) in [6.45, 7) is 7.23. The molecule has 0 bridgehead atoms. The third-order valence-electron chi connectivity index (χ3n) is 6.10. The molecule has 5 rings (SSSR count). The van der Waals surface area contributed by atoms with Crippen molar-refractivity contribution < 1.29 is 9.53 Å². The van der Waals surface area contributed by atoms with Gasteiger partial charge in [0.2, 0.25) is 5.91 Å². The SMILES string of the molecule is CC(=O)Nc1cc2c(cn1)c(C1CN(C)C1)cn2-c1cc(C)cc(C2CCOC2)n1. The number of amides is 1. The fourth-order valence-electron chi connectivity index (χ4n) is 4.58. The lowest BCUT2D eigenvalue weighted by molar-refractivity contribution is -0.114. The van der Waals surface area contributed by atoms with Crippen molar-refractivity contribution in [1.82, 2.24) is 19.4 Å². The minimum absolute atomic E-state index is 0.127. The molecule has 0 aliphatic carbocycles. The Morgan fingerprint density at radius 2 is 2.07 bits per heavy atom. The van der Waals surface area contributed by atoms with Gasteiger partial charge in [0.15, 0.2) is 0 Å². The molecular formula is C23H27N5O2. The molecular weight excluding hydrogens is 378 g/mol.